The molecule has 78 valence electrons. The van der Waals surface area contributed by atoms with E-state index in [4.69, 9.17) is 0 Å². The van der Waals surface area contributed by atoms with Crippen LogP contribution in [0, 0.1) is 0 Å². The number of nitrogens with zero attached hydrogens (tertiary/aromatic N) is 1. The van der Waals surface area contributed by atoms with Crippen molar-refractivity contribution in [3.8, 4) is 0 Å². The van der Waals surface area contributed by atoms with Crippen LogP contribution in [0.3, 0.4) is 0 Å². The minimum atomic E-state index is -1.79. The fraction of sp³-hybridized carbons (Fsp3) is 0.714. The zero-order chi connectivity index (χ0) is 9.78. The Balaban J connectivity index is 0. The number of aliphatic carboxylic acids is 1. The van der Waals surface area contributed by atoms with Gasteiger partial charge in [-0.25, -0.2) is 4.79 Å². The van der Waals surface area contributed by atoms with E-state index in [2.05, 4.69) is 4.74 Å². The van der Waals surface area contributed by atoms with E-state index in [1.54, 1.807) is 0 Å². The Morgan fingerprint density at radius 1 is 1.31 bits per heavy atom. The van der Waals surface area contributed by atoms with Gasteiger partial charge in [-0.05, 0) is 0 Å². The molecule has 0 atom stereocenters. The van der Waals surface area contributed by atoms with Crippen molar-refractivity contribution in [2.75, 3.05) is 34.3 Å². The molecule has 0 aliphatic heterocycles. The van der Waals surface area contributed by atoms with Crippen LogP contribution < -0.4 is 5.11 Å². The molecule has 0 fully saturated rings. The van der Waals surface area contributed by atoms with Crippen molar-refractivity contribution in [2.45, 2.75) is 0 Å². The van der Waals surface area contributed by atoms with Crippen LogP contribution in [0.5, 0.6) is 0 Å². The maximum atomic E-state index is 10.3. The topological polar surface area (TPSA) is 66.4 Å². The second-order valence-corrected chi connectivity index (χ2v) is 3.44. The molecule has 0 aliphatic rings. The van der Waals surface area contributed by atoms with Crippen molar-refractivity contribution in [1.82, 2.24) is 0 Å². The van der Waals surface area contributed by atoms with Crippen LogP contribution in [0.1, 0.15) is 0 Å². The molecule has 0 radical (unpaired) electrons. The van der Waals surface area contributed by atoms with Gasteiger partial charge in [-0.2, -0.15) is 0 Å². The molecule has 0 heterocycles. The Morgan fingerprint density at radius 3 is 2.08 bits per heavy atom. The molecule has 0 unspecified atom stereocenters. The normalized spacial score (nSPS) is 10.1. The molecule has 0 aliphatic carbocycles. The number of rotatable bonds is 3. The van der Waals surface area contributed by atoms with Crippen molar-refractivity contribution < 1.29 is 41.0 Å². The van der Waals surface area contributed by atoms with Gasteiger partial charge in [-0.1, -0.05) is 0 Å². The van der Waals surface area contributed by atoms with Gasteiger partial charge in [-0.15, -0.1) is 0 Å². The van der Waals surface area contributed by atoms with Crippen LogP contribution in [0.2, 0.25) is 0 Å². The molecule has 5 nitrogen and oxygen atoms in total. The van der Waals surface area contributed by atoms with Gasteiger partial charge in [-0.3, -0.25) is 0 Å². The van der Waals surface area contributed by atoms with Crippen LogP contribution >= 0.6 is 0 Å². The predicted octanol–water partition coefficient (Wildman–Crippen LogP) is -2.02. The first-order chi connectivity index (χ1) is 5.33. The third-order valence-electron chi connectivity index (χ3n) is 1.16. The maximum Gasteiger partial charge on any atom is 0.354 e. The summed E-state index contributed by atoms with van der Waals surface area (Å²) >= 11 is 0. The quantitative estimate of drug-likeness (QED) is 0.243. The van der Waals surface area contributed by atoms with Crippen molar-refractivity contribution >= 4 is 11.9 Å². The largest absolute Gasteiger partial charge is 0.539 e. The molecule has 13 heavy (non-hydrogen) atoms. The molecule has 0 rings (SSSR count). The van der Waals surface area contributed by atoms with E-state index >= 15 is 0 Å². The Morgan fingerprint density at radius 2 is 1.77 bits per heavy atom. The molecule has 0 aromatic carbocycles. The summed E-state index contributed by atoms with van der Waals surface area (Å²) in [6.07, 6.45) is 0. The smallest absolute Gasteiger partial charge is 0.354 e. The van der Waals surface area contributed by atoms with Gasteiger partial charge in [0.05, 0.1) is 21.1 Å². The monoisotopic (exact) mass is 231 g/mol. The van der Waals surface area contributed by atoms with E-state index in [0.717, 1.165) is 0 Å². The Kier molecular flexibility index (Phi) is 6.84. The predicted molar refractivity (Wildman–Crippen MR) is 38.9 cm³/mol. The minimum Gasteiger partial charge on any atom is -0.539 e. The summed E-state index contributed by atoms with van der Waals surface area (Å²) in [7, 11) is 5.73. The number of hydrogen-bond donors (Lipinski definition) is 0. The molecule has 0 bridgehead atoms. The number of carbonyl (C=O) groups excluding carboxylic acids is 2. The number of hydrogen-bond acceptors (Lipinski definition) is 4. The van der Waals surface area contributed by atoms with E-state index in [0.29, 0.717) is 11.0 Å². The number of carboxylic acids is 1. The average molecular weight is 231 g/mol. The van der Waals surface area contributed by atoms with E-state index in [1.165, 1.54) is 0 Å². The third kappa shape index (κ3) is 9.33. The molecular weight excluding hydrogens is 218 g/mol. The molecule has 0 saturated carbocycles. The molecule has 6 heteroatoms. The van der Waals surface area contributed by atoms with Gasteiger partial charge in [0.25, 0.3) is 0 Å². The van der Waals surface area contributed by atoms with Crippen molar-refractivity contribution in [3.63, 3.8) is 0 Å². The fourth-order valence-electron chi connectivity index (χ4n) is 0.471. The van der Waals surface area contributed by atoms with Crippen molar-refractivity contribution in [2.24, 2.45) is 0 Å². The first-order valence-corrected chi connectivity index (χ1v) is 3.51. The van der Waals surface area contributed by atoms with Crippen LogP contribution in [-0.2, 0) is 31.4 Å². The zero-order valence-corrected chi connectivity index (χ0v) is 8.95. The Labute approximate surface area is 87.7 Å². The standard InChI is InChI=1S/C7H13NO4.Fe/c1-8(2,3)4-5-12-7(11)6(9)10;/h4-5H2,1-3H3;. The van der Waals surface area contributed by atoms with Crippen LogP contribution in [0.4, 0.5) is 0 Å². The summed E-state index contributed by atoms with van der Waals surface area (Å²) in [5, 5.41) is 9.86. The summed E-state index contributed by atoms with van der Waals surface area (Å²) in [6.45, 7) is 0.662. The summed E-state index contributed by atoms with van der Waals surface area (Å²) < 4.78 is 4.97. The molecule has 0 spiro atoms. The van der Waals surface area contributed by atoms with Gasteiger partial charge in [0, 0.05) is 17.1 Å². The first-order valence-electron chi connectivity index (χ1n) is 3.51. The van der Waals surface area contributed by atoms with Crippen LogP contribution in [0.15, 0.2) is 0 Å². The average Bonchev–Trinajstić information content (AvgIpc) is 1.84. The number of likely N-dealkylation sites (N-methyl/N-ethyl adjacent to an activating group) is 1. The fourth-order valence-corrected chi connectivity index (χ4v) is 0.471. The second kappa shape index (κ2) is 5.96. The van der Waals surface area contributed by atoms with Gasteiger partial charge in [0.1, 0.15) is 13.2 Å². The van der Waals surface area contributed by atoms with E-state index in [9.17, 15) is 14.7 Å². The van der Waals surface area contributed by atoms with E-state index in [1.807, 2.05) is 21.1 Å². The van der Waals surface area contributed by atoms with E-state index < -0.39 is 11.9 Å². The number of quaternary nitrogens is 1. The summed E-state index contributed by atoms with van der Waals surface area (Å²) in [4.78, 5) is 20.2. The van der Waals surface area contributed by atoms with Crippen molar-refractivity contribution in [1.29, 1.82) is 0 Å². The zero-order valence-electron chi connectivity index (χ0n) is 7.85. The third-order valence-corrected chi connectivity index (χ3v) is 1.16. The van der Waals surface area contributed by atoms with Gasteiger partial charge in [0.15, 0.2) is 5.97 Å². The van der Waals surface area contributed by atoms with Gasteiger partial charge < -0.3 is 19.1 Å². The molecule has 0 aromatic rings. The summed E-state index contributed by atoms with van der Waals surface area (Å²) in [5.74, 6) is -3.10. The Bertz CT molecular complexity index is 187. The number of carboxylic acid groups (broad SMARTS) is 1. The molecule has 0 amide bonds. The van der Waals surface area contributed by atoms with Gasteiger partial charge >= 0.3 is 5.97 Å². The minimum absolute atomic E-state index is 0. The van der Waals surface area contributed by atoms with E-state index in [-0.39, 0.29) is 23.7 Å². The SMILES string of the molecule is C[N+](C)(C)CCOC(=O)C(=O)[O-].[Fe]. The first kappa shape index (κ1) is 14.9. The molecule has 0 aromatic heterocycles. The second-order valence-electron chi connectivity index (χ2n) is 3.44. The number of esters is 1. The van der Waals surface area contributed by atoms with Crippen molar-refractivity contribution in [3.05, 3.63) is 0 Å². The number of carbonyl (C=O) groups is 2. The Hall–Kier alpha value is -0.581. The van der Waals surface area contributed by atoms with Crippen LogP contribution in [-0.4, -0.2) is 50.7 Å². The molecule has 0 saturated heterocycles. The molecular formula is C7H13FeNO4. The summed E-state index contributed by atoms with van der Waals surface area (Å²) in [5.41, 5.74) is 0. The van der Waals surface area contributed by atoms with Crippen LogP contribution in [0.25, 0.3) is 0 Å². The maximum absolute atomic E-state index is 10.3. The molecule has 0 N–H and O–H groups in total. The van der Waals surface area contributed by atoms with Gasteiger partial charge in [0.2, 0.25) is 0 Å². The number of ether oxygens (including phenoxy) is 1. The summed E-state index contributed by atoms with van der Waals surface area (Å²) in [6, 6.07) is 0.